The normalized spacial score (nSPS) is 12.1. The van der Waals surface area contributed by atoms with Crippen LogP contribution >= 0.6 is 0 Å². The van der Waals surface area contributed by atoms with Gasteiger partial charge in [0.05, 0.1) is 0 Å². The zero-order valence-electron chi connectivity index (χ0n) is 24.3. The van der Waals surface area contributed by atoms with Crippen molar-refractivity contribution < 1.29 is 38.2 Å². The van der Waals surface area contributed by atoms with E-state index < -0.39 is 54.3 Å². The van der Waals surface area contributed by atoms with E-state index in [2.05, 4.69) is 26.0 Å². The van der Waals surface area contributed by atoms with Crippen LogP contribution in [0.2, 0.25) is 0 Å². The van der Waals surface area contributed by atoms with Gasteiger partial charge in [0, 0.05) is 18.0 Å². The summed E-state index contributed by atoms with van der Waals surface area (Å²) in [5, 5.41) is 10.7. The Hall–Kier alpha value is -4.36. The summed E-state index contributed by atoms with van der Waals surface area (Å²) >= 11 is 0. The molecule has 15 heteroatoms. The highest BCUT2D eigenvalue weighted by Gasteiger charge is 2.26. The molecule has 2 atom stereocenters. The number of ether oxygens (including phenoxy) is 3. The lowest BCUT2D eigenvalue weighted by molar-refractivity contribution is -0.163. The van der Waals surface area contributed by atoms with Crippen LogP contribution in [0.15, 0.2) is 35.4 Å². The number of nitrogens with two attached hydrogens (primary N) is 1. The minimum atomic E-state index is -1.20. The number of nitrogens with zero attached hydrogens (tertiary/aromatic N) is 3. The maximum Gasteiger partial charge on any atom is 0.407 e. The van der Waals surface area contributed by atoms with Gasteiger partial charge in [-0.2, -0.15) is 0 Å². The van der Waals surface area contributed by atoms with Crippen molar-refractivity contribution in [1.29, 1.82) is 0 Å². The second-order valence-electron chi connectivity index (χ2n) is 10.3. The third-order valence-electron chi connectivity index (χ3n) is 5.41. The van der Waals surface area contributed by atoms with Gasteiger partial charge in [0.2, 0.25) is 5.91 Å². The van der Waals surface area contributed by atoms with E-state index >= 15 is 0 Å². The van der Waals surface area contributed by atoms with E-state index in [4.69, 9.17) is 25.5 Å². The first kappa shape index (κ1) is 35.7. The molecule has 0 bridgehead atoms. The van der Waals surface area contributed by atoms with Gasteiger partial charge in [-0.15, -0.1) is 0 Å². The van der Waals surface area contributed by atoms with Crippen LogP contribution in [0.4, 0.5) is 9.59 Å². The van der Waals surface area contributed by atoms with Crippen LogP contribution in [-0.4, -0.2) is 67.4 Å². The maximum atomic E-state index is 12.6. The molecule has 1 rings (SSSR count). The molecule has 1 aromatic rings. The second kappa shape index (κ2) is 19.7. The number of amides is 3. The molecule has 0 fully saturated rings. The molecule has 0 spiro atoms. The fourth-order valence-electron chi connectivity index (χ4n) is 3.38. The smallest absolute Gasteiger partial charge is 0.407 e. The maximum absolute atomic E-state index is 12.6. The summed E-state index contributed by atoms with van der Waals surface area (Å²) in [7, 11) is 0. The van der Waals surface area contributed by atoms with E-state index in [0.29, 0.717) is 32.2 Å². The van der Waals surface area contributed by atoms with E-state index in [1.165, 1.54) is 0 Å². The lowest BCUT2D eigenvalue weighted by Gasteiger charge is -2.20. The fraction of sp³-hybridized carbons (Fsp3) is 0.593. The number of carbonyl (C=O) groups is 5. The number of hydrogen-bond donors (Lipinski definition) is 4. The summed E-state index contributed by atoms with van der Waals surface area (Å²) in [5.74, 6) is -2.70. The standard InChI is InChI=1S/C27H41N7O8/c1-27(2,3)42-26(39)31-16-10-8-14-21(33-22(35)17-32-34-29)24(37)41-23(36)20(28)13-7-9-15-30-25(38)40-18-19-11-5-4-6-12-19/h4-6,11-12,20-21H,7-10,13-18,28H2,1-3H3,(H,30,38)(H,31,39)(H,33,35)/t20-,21-/m0/s1. The van der Waals surface area contributed by atoms with Crippen LogP contribution in [0.25, 0.3) is 10.4 Å². The van der Waals surface area contributed by atoms with Crippen molar-refractivity contribution >= 4 is 30.0 Å². The lowest BCUT2D eigenvalue weighted by atomic mass is 10.1. The van der Waals surface area contributed by atoms with Crippen LogP contribution < -0.4 is 21.7 Å². The summed E-state index contributed by atoms with van der Waals surface area (Å²) < 4.78 is 15.2. The molecule has 0 aliphatic rings. The van der Waals surface area contributed by atoms with E-state index in [1.54, 1.807) is 20.8 Å². The Balaban J connectivity index is 2.42. The first-order chi connectivity index (χ1) is 19.9. The van der Waals surface area contributed by atoms with Gasteiger partial charge in [-0.3, -0.25) is 4.79 Å². The van der Waals surface area contributed by atoms with Crippen LogP contribution in [0.3, 0.4) is 0 Å². The quantitative estimate of drug-likeness (QED) is 0.0397. The van der Waals surface area contributed by atoms with Gasteiger partial charge in [-0.25, -0.2) is 19.2 Å². The topological polar surface area (TPSA) is 224 Å². The fourth-order valence-corrected chi connectivity index (χ4v) is 3.38. The summed E-state index contributed by atoms with van der Waals surface area (Å²) in [6.07, 6.45) is 0.907. The SMILES string of the molecule is CC(C)(C)OC(=O)NCCCC[C@H](NC(=O)CN=[N+]=[N-])C(=O)OC(=O)[C@@H](N)CCCCNC(=O)OCc1ccccc1. The average molecular weight is 592 g/mol. The molecule has 0 aliphatic heterocycles. The van der Waals surface area contributed by atoms with Crippen LogP contribution in [0, 0.1) is 0 Å². The van der Waals surface area contributed by atoms with Gasteiger partial charge in [-0.1, -0.05) is 35.4 Å². The number of benzene rings is 1. The Morgan fingerprint density at radius 2 is 1.55 bits per heavy atom. The van der Waals surface area contributed by atoms with Crippen molar-refractivity contribution in [2.75, 3.05) is 19.6 Å². The summed E-state index contributed by atoms with van der Waals surface area (Å²) in [5.41, 5.74) is 14.5. The third kappa shape index (κ3) is 17.4. The van der Waals surface area contributed by atoms with E-state index in [9.17, 15) is 24.0 Å². The van der Waals surface area contributed by atoms with E-state index in [-0.39, 0.29) is 26.0 Å². The van der Waals surface area contributed by atoms with Crippen LogP contribution in [-0.2, 0) is 35.2 Å². The van der Waals surface area contributed by atoms with Crippen LogP contribution in [0.1, 0.15) is 64.9 Å². The zero-order valence-corrected chi connectivity index (χ0v) is 24.3. The van der Waals surface area contributed by atoms with Crippen molar-refractivity contribution in [1.82, 2.24) is 16.0 Å². The highest BCUT2D eigenvalue weighted by atomic mass is 16.6. The number of carbonyl (C=O) groups excluding carboxylic acids is 5. The number of rotatable bonds is 17. The second-order valence-corrected chi connectivity index (χ2v) is 10.3. The van der Waals surface area contributed by atoms with Gasteiger partial charge in [0.15, 0.2) is 0 Å². The van der Waals surface area contributed by atoms with Crippen molar-refractivity contribution in [3.8, 4) is 0 Å². The molecule has 15 nitrogen and oxygen atoms in total. The largest absolute Gasteiger partial charge is 0.445 e. The number of azide groups is 1. The van der Waals surface area contributed by atoms with Crippen LogP contribution in [0.5, 0.6) is 0 Å². The Kier molecular flexibility index (Phi) is 16.7. The number of esters is 2. The van der Waals surface area contributed by atoms with Crippen molar-refractivity contribution in [3.63, 3.8) is 0 Å². The molecule has 0 saturated carbocycles. The van der Waals surface area contributed by atoms with Crippen molar-refractivity contribution in [2.45, 2.75) is 83.6 Å². The van der Waals surface area contributed by atoms with E-state index in [0.717, 1.165) is 5.56 Å². The number of unbranched alkanes of at least 4 members (excludes halogenated alkanes) is 2. The molecule has 5 N–H and O–H groups in total. The van der Waals surface area contributed by atoms with E-state index in [1.807, 2.05) is 30.3 Å². The molecule has 0 aromatic heterocycles. The first-order valence-electron chi connectivity index (χ1n) is 13.6. The molecule has 1 aromatic carbocycles. The predicted octanol–water partition coefficient (Wildman–Crippen LogP) is 2.97. The Labute approximate surface area is 244 Å². The molecule has 0 heterocycles. The Morgan fingerprint density at radius 3 is 2.17 bits per heavy atom. The molecule has 232 valence electrons. The van der Waals surface area contributed by atoms with Gasteiger partial charge < -0.3 is 35.9 Å². The monoisotopic (exact) mass is 591 g/mol. The highest BCUT2D eigenvalue weighted by Crippen LogP contribution is 2.08. The number of alkyl carbamates (subject to hydrolysis) is 2. The van der Waals surface area contributed by atoms with Gasteiger partial charge in [-0.05, 0) is 70.4 Å². The minimum absolute atomic E-state index is 0.0887. The van der Waals surface area contributed by atoms with Gasteiger partial charge in [0.1, 0.15) is 30.8 Å². The van der Waals surface area contributed by atoms with Gasteiger partial charge in [0.25, 0.3) is 0 Å². The molecule has 0 unspecified atom stereocenters. The molecule has 0 radical (unpaired) electrons. The molecule has 0 aliphatic carbocycles. The summed E-state index contributed by atoms with van der Waals surface area (Å²) in [6.45, 7) is 5.37. The Bertz CT molecular complexity index is 1070. The zero-order chi connectivity index (χ0) is 31.4. The molecule has 3 amide bonds. The first-order valence-corrected chi connectivity index (χ1v) is 13.6. The molecular formula is C27H41N7O8. The summed E-state index contributed by atoms with van der Waals surface area (Å²) in [6, 6.07) is 6.92. The predicted molar refractivity (Wildman–Crippen MR) is 152 cm³/mol. The average Bonchev–Trinajstić information content (AvgIpc) is 2.93. The Morgan fingerprint density at radius 1 is 0.929 bits per heavy atom. The third-order valence-corrected chi connectivity index (χ3v) is 5.41. The van der Waals surface area contributed by atoms with Crippen molar-refractivity contribution in [2.24, 2.45) is 10.8 Å². The molecular weight excluding hydrogens is 550 g/mol. The summed E-state index contributed by atoms with van der Waals surface area (Å²) in [4.78, 5) is 63.0. The molecule has 42 heavy (non-hydrogen) atoms. The number of nitrogens with one attached hydrogen (secondary N) is 3. The lowest BCUT2D eigenvalue weighted by Crippen LogP contribution is -2.45. The molecule has 0 saturated heterocycles. The van der Waals surface area contributed by atoms with Crippen molar-refractivity contribution in [3.05, 3.63) is 46.3 Å². The highest BCUT2D eigenvalue weighted by molar-refractivity contribution is 5.93. The number of hydrogen-bond acceptors (Lipinski definition) is 10. The van der Waals surface area contributed by atoms with Gasteiger partial charge >= 0.3 is 24.1 Å². The minimum Gasteiger partial charge on any atom is -0.445 e.